The van der Waals surface area contributed by atoms with Crippen molar-refractivity contribution in [3.8, 4) is 5.88 Å². The maximum atomic E-state index is 12.8. The quantitative estimate of drug-likeness (QED) is 0.430. The average molecular weight is 334 g/mol. The van der Waals surface area contributed by atoms with Gasteiger partial charge in [0.25, 0.3) is 0 Å². The second kappa shape index (κ2) is 9.88. The van der Waals surface area contributed by atoms with Gasteiger partial charge in [-0.15, -0.1) is 0 Å². The van der Waals surface area contributed by atoms with Gasteiger partial charge in [-0.3, -0.25) is 4.99 Å². The van der Waals surface area contributed by atoms with E-state index in [2.05, 4.69) is 20.6 Å². The van der Waals surface area contributed by atoms with E-state index in [1.54, 1.807) is 14.2 Å². The molecule has 0 atom stereocenters. The molecule has 0 fully saturated rings. The fraction of sp³-hybridized carbons (Fsp3) is 0.571. The van der Waals surface area contributed by atoms with E-state index in [4.69, 9.17) is 9.47 Å². The first kappa shape index (κ1) is 19.0. The summed E-state index contributed by atoms with van der Waals surface area (Å²) in [7, 11) is 3.23. The predicted molar refractivity (Wildman–Crippen MR) is 80.6 cm³/mol. The summed E-state index contributed by atoms with van der Waals surface area (Å²) in [5.41, 5.74) is -0.887. The number of nitrogens with one attached hydrogen (secondary N) is 2. The molecule has 1 rings (SSSR count). The SMILES string of the molecule is CN=C(NCCCOC)NCCOc1ncccc1C(F)(F)F. The monoisotopic (exact) mass is 334 g/mol. The number of methoxy groups -OCH3 is 1. The van der Waals surface area contributed by atoms with E-state index in [9.17, 15) is 13.2 Å². The second-order valence-corrected chi connectivity index (χ2v) is 4.47. The molecule has 1 heterocycles. The Morgan fingerprint density at radius 3 is 2.65 bits per heavy atom. The summed E-state index contributed by atoms with van der Waals surface area (Å²) >= 11 is 0. The van der Waals surface area contributed by atoms with Crippen molar-refractivity contribution in [3.05, 3.63) is 23.9 Å². The number of halogens is 3. The van der Waals surface area contributed by atoms with Gasteiger partial charge in [0.2, 0.25) is 5.88 Å². The summed E-state index contributed by atoms with van der Waals surface area (Å²) in [5, 5.41) is 5.99. The minimum Gasteiger partial charge on any atom is -0.475 e. The summed E-state index contributed by atoms with van der Waals surface area (Å²) < 4.78 is 48.3. The topological polar surface area (TPSA) is 67.8 Å². The minimum absolute atomic E-state index is 0.0267. The highest BCUT2D eigenvalue weighted by Gasteiger charge is 2.34. The van der Waals surface area contributed by atoms with Gasteiger partial charge >= 0.3 is 6.18 Å². The van der Waals surface area contributed by atoms with Crippen LogP contribution in [-0.4, -0.2) is 51.4 Å². The van der Waals surface area contributed by atoms with Gasteiger partial charge in [0, 0.05) is 33.5 Å². The van der Waals surface area contributed by atoms with E-state index in [1.165, 1.54) is 12.3 Å². The summed E-state index contributed by atoms with van der Waals surface area (Å²) in [6.45, 7) is 1.62. The molecule has 0 unspecified atom stereocenters. The maximum Gasteiger partial charge on any atom is 0.421 e. The second-order valence-electron chi connectivity index (χ2n) is 4.47. The van der Waals surface area contributed by atoms with Gasteiger partial charge in [0.15, 0.2) is 5.96 Å². The summed E-state index contributed by atoms with van der Waals surface area (Å²) in [6, 6.07) is 2.16. The van der Waals surface area contributed by atoms with Gasteiger partial charge in [-0.25, -0.2) is 4.98 Å². The van der Waals surface area contributed by atoms with Crippen LogP contribution in [0.1, 0.15) is 12.0 Å². The van der Waals surface area contributed by atoms with Crippen molar-refractivity contribution in [3.63, 3.8) is 0 Å². The van der Waals surface area contributed by atoms with Gasteiger partial charge in [-0.2, -0.15) is 13.2 Å². The van der Waals surface area contributed by atoms with Crippen molar-refractivity contribution < 1.29 is 22.6 Å². The van der Waals surface area contributed by atoms with Crippen LogP contribution in [0.15, 0.2) is 23.3 Å². The molecule has 0 spiro atoms. The van der Waals surface area contributed by atoms with Gasteiger partial charge < -0.3 is 20.1 Å². The zero-order chi connectivity index (χ0) is 17.1. The third kappa shape index (κ3) is 7.18. The van der Waals surface area contributed by atoms with Crippen molar-refractivity contribution in [2.45, 2.75) is 12.6 Å². The molecule has 0 aliphatic heterocycles. The lowest BCUT2D eigenvalue weighted by atomic mass is 10.2. The van der Waals surface area contributed by atoms with Crippen LogP contribution in [0.4, 0.5) is 13.2 Å². The Hall–Kier alpha value is -2.03. The number of rotatable bonds is 8. The van der Waals surface area contributed by atoms with Gasteiger partial charge in [-0.1, -0.05) is 0 Å². The van der Waals surface area contributed by atoms with E-state index < -0.39 is 17.6 Å². The predicted octanol–water partition coefficient (Wildman–Crippen LogP) is 1.68. The van der Waals surface area contributed by atoms with Crippen molar-refractivity contribution in [2.75, 3.05) is 40.5 Å². The molecular weight excluding hydrogens is 313 g/mol. The molecule has 1 aromatic rings. The first-order valence-electron chi connectivity index (χ1n) is 7.07. The number of pyridine rings is 1. The molecule has 23 heavy (non-hydrogen) atoms. The van der Waals surface area contributed by atoms with Crippen molar-refractivity contribution in [2.24, 2.45) is 4.99 Å². The van der Waals surface area contributed by atoms with Crippen LogP contribution < -0.4 is 15.4 Å². The molecule has 2 N–H and O–H groups in total. The van der Waals surface area contributed by atoms with Gasteiger partial charge in [0.1, 0.15) is 12.2 Å². The number of aromatic nitrogens is 1. The zero-order valence-corrected chi connectivity index (χ0v) is 13.1. The van der Waals surface area contributed by atoms with Crippen molar-refractivity contribution >= 4 is 5.96 Å². The Kier molecular flexibility index (Phi) is 8.17. The molecule has 9 heteroatoms. The average Bonchev–Trinajstić information content (AvgIpc) is 2.53. The van der Waals surface area contributed by atoms with Crippen LogP contribution in [0.25, 0.3) is 0 Å². The smallest absolute Gasteiger partial charge is 0.421 e. The highest BCUT2D eigenvalue weighted by Crippen LogP contribution is 2.34. The summed E-state index contributed by atoms with van der Waals surface area (Å²) in [6.07, 6.45) is -2.42. The Morgan fingerprint density at radius 2 is 2.00 bits per heavy atom. The Morgan fingerprint density at radius 1 is 1.26 bits per heavy atom. The highest BCUT2D eigenvalue weighted by molar-refractivity contribution is 5.79. The summed E-state index contributed by atoms with van der Waals surface area (Å²) in [5.74, 6) is 0.117. The number of hydrogen-bond acceptors (Lipinski definition) is 4. The molecule has 0 radical (unpaired) electrons. The number of nitrogens with zero attached hydrogens (tertiary/aromatic N) is 2. The molecule has 0 bridgehead atoms. The molecule has 0 aliphatic rings. The number of hydrogen-bond donors (Lipinski definition) is 2. The first-order chi connectivity index (χ1) is 11.0. The number of guanidine groups is 1. The van der Waals surface area contributed by atoms with E-state index in [0.717, 1.165) is 12.5 Å². The number of alkyl halides is 3. The van der Waals surface area contributed by atoms with Crippen molar-refractivity contribution in [1.82, 2.24) is 15.6 Å². The highest BCUT2D eigenvalue weighted by atomic mass is 19.4. The van der Waals surface area contributed by atoms with E-state index in [0.29, 0.717) is 19.1 Å². The third-order valence-corrected chi connectivity index (χ3v) is 2.75. The fourth-order valence-electron chi connectivity index (χ4n) is 1.68. The van der Waals surface area contributed by atoms with Crippen LogP contribution in [-0.2, 0) is 10.9 Å². The first-order valence-corrected chi connectivity index (χ1v) is 7.07. The Bertz CT molecular complexity index is 495. The lowest BCUT2D eigenvalue weighted by Gasteiger charge is -2.14. The number of ether oxygens (including phenoxy) is 2. The molecule has 1 aromatic heterocycles. The van der Waals surface area contributed by atoms with Crippen LogP contribution in [0.2, 0.25) is 0 Å². The normalized spacial score (nSPS) is 12.1. The number of aliphatic imine (C=N–C) groups is 1. The van der Waals surface area contributed by atoms with Crippen LogP contribution in [0, 0.1) is 0 Å². The van der Waals surface area contributed by atoms with Crippen LogP contribution in [0.5, 0.6) is 5.88 Å². The molecule has 6 nitrogen and oxygen atoms in total. The van der Waals surface area contributed by atoms with E-state index in [1.807, 2.05) is 0 Å². The molecule has 0 aliphatic carbocycles. The van der Waals surface area contributed by atoms with Gasteiger partial charge in [-0.05, 0) is 18.6 Å². The maximum absolute atomic E-state index is 12.8. The fourth-order valence-corrected chi connectivity index (χ4v) is 1.68. The van der Waals surface area contributed by atoms with Gasteiger partial charge in [0.05, 0.1) is 6.54 Å². The molecular formula is C14H21F3N4O2. The lowest BCUT2D eigenvalue weighted by Crippen LogP contribution is -2.40. The largest absolute Gasteiger partial charge is 0.475 e. The summed E-state index contributed by atoms with van der Waals surface area (Å²) in [4.78, 5) is 7.61. The Labute approximate surface area is 133 Å². The Balaban J connectivity index is 2.37. The van der Waals surface area contributed by atoms with Crippen LogP contribution >= 0.6 is 0 Å². The molecule has 130 valence electrons. The van der Waals surface area contributed by atoms with Crippen LogP contribution in [0.3, 0.4) is 0 Å². The molecule has 0 aromatic carbocycles. The molecule has 0 saturated heterocycles. The van der Waals surface area contributed by atoms with E-state index in [-0.39, 0.29) is 13.2 Å². The minimum atomic E-state index is -4.49. The molecule has 0 amide bonds. The molecule has 0 saturated carbocycles. The van der Waals surface area contributed by atoms with Crippen molar-refractivity contribution in [1.29, 1.82) is 0 Å². The zero-order valence-electron chi connectivity index (χ0n) is 13.1. The standard InChI is InChI=1S/C14H21F3N4O2/c1-18-13(20-7-4-9-22-2)21-8-10-23-12-11(14(15,16)17)5-3-6-19-12/h3,5-6H,4,7-10H2,1-2H3,(H2,18,20,21). The lowest BCUT2D eigenvalue weighted by molar-refractivity contribution is -0.139. The third-order valence-electron chi connectivity index (χ3n) is 2.75. The van der Waals surface area contributed by atoms with E-state index >= 15 is 0 Å².